The largest absolute Gasteiger partial charge is 0.395 e. The zero-order valence-electron chi connectivity index (χ0n) is 12.3. The highest BCUT2D eigenvalue weighted by Gasteiger charge is 2.28. The van der Waals surface area contributed by atoms with Crippen molar-refractivity contribution in [3.8, 4) is 0 Å². The van der Waals surface area contributed by atoms with Gasteiger partial charge in [0, 0.05) is 38.8 Å². The molecule has 1 fully saturated rings. The van der Waals surface area contributed by atoms with Crippen LogP contribution >= 0.6 is 0 Å². The van der Waals surface area contributed by atoms with Crippen molar-refractivity contribution >= 4 is 10.0 Å². The Bertz CT molecular complexity index is 549. The van der Waals surface area contributed by atoms with Crippen LogP contribution in [0.2, 0.25) is 0 Å². The number of hydrogen-bond acceptors (Lipinski definition) is 5. The molecule has 6 nitrogen and oxygen atoms in total. The summed E-state index contributed by atoms with van der Waals surface area (Å²) in [6, 6.07) is 6.66. The first kappa shape index (κ1) is 16.4. The van der Waals surface area contributed by atoms with E-state index >= 15 is 0 Å². The van der Waals surface area contributed by atoms with Crippen molar-refractivity contribution < 1.29 is 13.5 Å². The Morgan fingerprint density at radius 1 is 1.19 bits per heavy atom. The lowest BCUT2D eigenvalue weighted by Crippen LogP contribution is -2.49. The maximum absolute atomic E-state index is 12.6. The third-order valence-corrected chi connectivity index (χ3v) is 5.70. The van der Waals surface area contributed by atoms with E-state index < -0.39 is 10.0 Å². The van der Waals surface area contributed by atoms with Crippen LogP contribution in [0.5, 0.6) is 0 Å². The SMILES string of the molecule is CC(N)c1ccc(S(=O)(=O)N2CCN(CCO)CC2)cc1. The van der Waals surface area contributed by atoms with E-state index in [-0.39, 0.29) is 12.6 Å². The Balaban J connectivity index is 2.08. The molecule has 1 atom stereocenters. The van der Waals surface area contributed by atoms with E-state index in [9.17, 15) is 8.42 Å². The normalized spacial score (nSPS) is 19.6. The predicted octanol–water partition coefficient (Wildman–Crippen LogP) is 0.00490. The van der Waals surface area contributed by atoms with Crippen LogP contribution in [0.3, 0.4) is 0 Å². The molecule has 1 aliphatic heterocycles. The molecule has 0 amide bonds. The first-order valence-electron chi connectivity index (χ1n) is 7.14. The zero-order valence-corrected chi connectivity index (χ0v) is 13.1. The van der Waals surface area contributed by atoms with Crippen LogP contribution in [0.1, 0.15) is 18.5 Å². The molecule has 1 saturated heterocycles. The first-order chi connectivity index (χ1) is 9.95. The van der Waals surface area contributed by atoms with Crippen molar-refractivity contribution in [2.24, 2.45) is 5.73 Å². The lowest BCUT2D eigenvalue weighted by molar-refractivity contribution is 0.151. The topological polar surface area (TPSA) is 86.9 Å². The Labute approximate surface area is 126 Å². The number of nitrogens with zero attached hydrogens (tertiary/aromatic N) is 2. The minimum Gasteiger partial charge on any atom is -0.395 e. The van der Waals surface area contributed by atoms with Crippen LogP contribution in [-0.4, -0.2) is 62.1 Å². The van der Waals surface area contributed by atoms with E-state index in [1.165, 1.54) is 4.31 Å². The Morgan fingerprint density at radius 2 is 1.76 bits per heavy atom. The van der Waals surface area contributed by atoms with Crippen molar-refractivity contribution in [2.75, 3.05) is 39.3 Å². The Kier molecular flexibility index (Phi) is 5.34. The van der Waals surface area contributed by atoms with Gasteiger partial charge >= 0.3 is 0 Å². The standard InChI is InChI=1S/C14H23N3O3S/c1-12(15)13-2-4-14(5-3-13)21(19,20)17-8-6-16(7-9-17)10-11-18/h2-5,12,18H,6-11,15H2,1H3. The molecule has 0 bridgehead atoms. The molecule has 2 rings (SSSR count). The molecule has 0 radical (unpaired) electrons. The van der Waals surface area contributed by atoms with Crippen LogP contribution in [0, 0.1) is 0 Å². The summed E-state index contributed by atoms with van der Waals surface area (Å²) in [7, 11) is -3.44. The highest BCUT2D eigenvalue weighted by Crippen LogP contribution is 2.19. The molecule has 0 spiro atoms. The molecule has 1 aliphatic rings. The summed E-state index contributed by atoms with van der Waals surface area (Å²) in [6.45, 7) is 4.77. The first-order valence-corrected chi connectivity index (χ1v) is 8.58. The second-order valence-electron chi connectivity index (χ2n) is 5.33. The van der Waals surface area contributed by atoms with E-state index in [0.29, 0.717) is 37.6 Å². The number of rotatable bonds is 5. The van der Waals surface area contributed by atoms with Crippen molar-refractivity contribution in [1.29, 1.82) is 0 Å². The van der Waals surface area contributed by atoms with Crippen molar-refractivity contribution in [3.63, 3.8) is 0 Å². The van der Waals surface area contributed by atoms with Crippen molar-refractivity contribution in [2.45, 2.75) is 17.9 Å². The number of sulfonamides is 1. The summed E-state index contributed by atoms with van der Waals surface area (Å²) in [5, 5.41) is 8.91. The molecular weight excluding hydrogens is 290 g/mol. The van der Waals surface area contributed by atoms with Gasteiger partial charge in [-0.25, -0.2) is 8.42 Å². The summed E-state index contributed by atoms with van der Waals surface area (Å²) in [4.78, 5) is 2.37. The molecule has 21 heavy (non-hydrogen) atoms. The Morgan fingerprint density at radius 3 is 2.24 bits per heavy atom. The maximum Gasteiger partial charge on any atom is 0.243 e. The summed E-state index contributed by atoms with van der Waals surface area (Å²) in [5.74, 6) is 0. The van der Waals surface area contributed by atoms with Crippen LogP contribution in [0.25, 0.3) is 0 Å². The number of hydrogen-bond donors (Lipinski definition) is 2. The van der Waals surface area contributed by atoms with Gasteiger partial charge in [0.2, 0.25) is 10.0 Å². The number of nitrogens with two attached hydrogens (primary N) is 1. The van der Waals surface area contributed by atoms with Gasteiger partial charge < -0.3 is 10.8 Å². The third-order valence-electron chi connectivity index (χ3n) is 3.79. The second kappa shape index (κ2) is 6.85. The maximum atomic E-state index is 12.6. The highest BCUT2D eigenvalue weighted by atomic mass is 32.2. The summed E-state index contributed by atoms with van der Waals surface area (Å²) >= 11 is 0. The fourth-order valence-electron chi connectivity index (χ4n) is 2.43. The molecule has 0 saturated carbocycles. The molecule has 0 aliphatic carbocycles. The van der Waals surface area contributed by atoms with Gasteiger partial charge in [0.1, 0.15) is 0 Å². The Hall–Kier alpha value is -0.990. The number of piperazine rings is 1. The van der Waals surface area contributed by atoms with Crippen molar-refractivity contribution in [1.82, 2.24) is 9.21 Å². The molecular formula is C14H23N3O3S. The minimum absolute atomic E-state index is 0.103. The molecule has 118 valence electrons. The summed E-state index contributed by atoms with van der Waals surface area (Å²) in [5.41, 5.74) is 6.69. The average Bonchev–Trinajstić information content (AvgIpc) is 2.48. The molecule has 1 aromatic rings. The minimum atomic E-state index is -3.44. The molecule has 1 aromatic carbocycles. The number of aliphatic hydroxyl groups is 1. The summed E-state index contributed by atoms with van der Waals surface area (Å²) in [6.07, 6.45) is 0. The third kappa shape index (κ3) is 3.81. The van der Waals surface area contributed by atoms with Crippen molar-refractivity contribution in [3.05, 3.63) is 29.8 Å². The van der Waals surface area contributed by atoms with Gasteiger partial charge in [0.15, 0.2) is 0 Å². The van der Waals surface area contributed by atoms with E-state index in [1.807, 2.05) is 6.92 Å². The van der Waals surface area contributed by atoms with Crippen LogP contribution in [0.4, 0.5) is 0 Å². The van der Waals surface area contributed by atoms with Crippen LogP contribution in [-0.2, 0) is 10.0 Å². The van der Waals surface area contributed by atoms with Gasteiger partial charge in [0.25, 0.3) is 0 Å². The fourth-order valence-corrected chi connectivity index (χ4v) is 3.85. The second-order valence-corrected chi connectivity index (χ2v) is 7.26. The number of benzene rings is 1. The molecule has 0 aromatic heterocycles. The molecule has 1 unspecified atom stereocenters. The van der Waals surface area contributed by atoms with Gasteiger partial charge in [-0.2, -0.15) is 4.31 Å². The van der Waals surface area contributed by atoms with Crippen LogP contribution < -0.4 is 5.73 Å². The number of β-amino-alcohol motifs (C(OH)–C–C–N with tert-alkyl or cyclic N) is 1. The highest BCUT2D eigenvalue weighted by molar-refractivity contribution is 7.89. The fraction of sp³-hybridized carbons (Fsp3) is 0.571. The van der Waals surface area contributed by atoms with E-state index in [2.05, 4.69) is 4.90 Å². The monoisotopic (exact) mass is 313 g/mol. The van der Waals surface area contributed by atoms with Gasteiger partial charge in [-0.1, -0.05) is 12.1 Å². The molecule has 1 heterocycles. The zero-order chi connectivity index (χ0) is 15.5. The van der Waals surface area contributed by atoms with E-state index in [4.69, 9.17) is 10.8 Å². The summed E-state index contributed by atoms with van der Waals surface area (Å²) < 4.78 is 26.6. The lowest BCUT2D eigenvalue weighted by atomic mass is 10.1. The smallest absolute Gasteiger partial charge is 0.243 e. The van der Waals surface area contributed by atoms with Gasteiger partial charge in [-0.3, -0.25) is 4.90 Å². The predicted molar refractivity (Wildman–Crippen MR) is 81.3 cm³/mol. The van der Waals surface area contributed by atoms with Gasteiger partial charge in [0.05, 0.1) is 11.5 Å². The van der Waals surface area contributed by atoms with Crippen LogP contribution in [0.15, 0.2) is 29.2 Å². The van der Waals surface area contributed by atoms with Gasteiger partial charge in [-0.05, 0) is 24.6 Å². The lowest BCUT2D eigenvalue weighted by Gasteiger charge is -2.33. The van der Waals surface area contributed by atoms with Gasteiger partial charge in [-0.15, -0.1) is 0 Å². The van der Waals surface area contributed by atoms with E-state index in [1.54, 1.807) is 24.3 Å². The number of aliphatic hydroxyl groups excluding tert-OH is 1. The van der Waals surface area contributed by atoms with E-state index in [0.717, 1.165) is 5.56 Å². The quantitative estimate of drug-likeness (QED) is 0.799. The molecule has 7 heteroatoms. The molecule has 3 N–H and O–H groups in total. The average molecular weight is 313 g/mol.